The molecule has 0 bridgehead atoms. The number of halogens is 1. The number of hydrogen-bond acceptors (Lipinski definition) is 5. The van der Waals surface area contributed by atoms with Gasteiger partial charge < -0.3 is 24.8 Å². The third-order valence-electron chi connectivity index (χ3n) is 6.45. The summed E-state index contributed by atoms with van der Waals surface area (Å²) in [5.74, 6) is 0.847. The summed E-state index contributed by atoms with van der Waals surface area (Å²) in [6.45, 7) is 0. The molecule has 0 aromatic heterocycles. The predicted octanol–water partition coefficient (Wildman–Crippen LogP) is 6.34. The number of hydrogen-bond donors (Lipinski definition) is 2. The summed E-state index contributed by atoms with van der Waals surface area (Å²) < 4.78 is 16.9. The first-order valence-electron chi connectivity index (χ1n) is 11.8. The lowest BCUT2D eigenvalue weighted by molar-refractivity contribution is 0.189. The van der Waals surface area contributed by atoms with Crippen molar-refractivity contribution in [2.24, 2.45) is 0 Å². The number of carbonyl (C=O) groups is 2. The summed E-state index contributed by atoms with van der Waals surface area (Å²) in [6.07, 6.45) is 9.56. The van der Waals surface area contributed by atoms with Gasteiger partial charge in [-0.25, -0.2) is 9.59 Å². The Morgan fingerprint density at radius 1 is 0.788 bits per heavy atom. The zero-order chi connectivity index (χ0) is 23.2. The molecule has 0 unspecified atom stereocenters. The van der Waals surface area contributed by atoms with Crippen LogP contribution in [-0.4, -0.2) is 31.4 Å². The number of methoxy groups -OCH3 is 1. The van der Waals surface area contributed by atoms with Gasteiger partial charge in [-0.05, 0) is 43.9 Å². The largest absolute Gasteiger partial charge is 0.493 e. The van der Waals surface area contributed by atoms with Gasteiger partial charge in [0.25, 0.3) is 0 Å². The van der Waals surface area contributed by atoms with Crippen LogP contribution in [0.15, 0.2) is 24.3 Å². The molecule has 2 aliphatic carbocycles. The Hall–Kier alpha value is -2.67. The van der Waals surface area contributed by atoms with Gasteiger partial charge in [-0.1, -0.05) is 50.1 Å². The van der Waals surface area contributed by atoms with Crippen molar-refractivity contribution >= 4 is 34.6 Å². The van der Waals surface area contributed by atoms with Crippen molar-refractivity contribution in [1.29, 1.82) is 0 Å². The first-order chi connectivity index (χ1) is 16.0. The zero-order valence-corrected chi connectivity index (χ0v) is 19.7. The average molecular weight is 475 g/mol. The highest BCUT2D eigenvalue weighted by Crippen LogP contribution is 2.42. The van der Waals surface area contributed by atoms with Gasteiger partial charge in [0, 0.05) is 33.9 Å². The van der Waals surface area contributed by atoms with Gasteiger partial charge in [0.05, 0.1) is 7.11 Å². The Morgan fingerprint density at radius 3 is 1.94 bits per heavy atom. The van der Waals surface area contributed by atoms with Crippen molar-refractivity contribution in [3.05, 3.63) is 29.3 Å². The first-order valence-corrected chi connectivity index (χ1v) is 12.2. The number of ether oxygens (including phenoxy) is 3. The van der Waals surface area contributed by atoms with Crippen LogP contribution >= 0.6 is 11.6 Å². The van der Waals surface area contributed by atoms with Gasteiger partial charge in [-0.15, -0.1) is 0 Å². The average Bonchev–Trinajstić information content (AvgIpc) is 2.81. The first kappa shape index (κ1) is 23.5. The fraction of sp³-hybridized carbons (Fsp3) is 0.520. The molecule has 33 heavy (non-hydrogen) atoms. The van der Waals surface area contributed by atoms with Crippen LogP contribution in [-0.2, 0) is 0 Å². The molecule has 8 heteroatoms. The molecule has 2 saturated carbocycles. The van der Waals surface area contributed by atoms with Gasteiger partial charge in [0.15, 0.2) is 11.5 Å². The summed E-state index contributed by atoms with van der Waals surface area (Å²) in [6, 6.07) is 6.91. The van der Waals surface area contributed by atoms with E-state index >= 15 is 0 Å². The Kier molecular flexibility index (Phi) is 7.81. The van der Waals surface area contributed by atoms with Crippen molar-refractivity contribution in [3.63, 3.8) is 0 Å². The lowest BCUT2D eigenvalue weighted by Crippen LogP contribution is -2.38. The van der Waals surface area contributed by atoms with E-state index in [0.29, 0.717) is 21.5 Å². The molecule has 0 radical (unpaired) electrons. The summed E-state index contributed by atoms with van der Waals surface area (Å²) in [7, 11) is 1.48. The molecule has 2 aromatic rings. The monoisotopic (exact) mass is 474 g/mol. The Morgan fingerprint density at radius 2 is 1.36 bits per heavy atom. The van der Waals surface area contributed by atoms with Crippen LogP contribution in [0.1, 0.15) is 64.2 Å². The molecule has 2 aromatic carbocycles. The molecule has 0 aliphatic heterocycles. The van der Waals surface area contributed by atoms with E-state index < -0.39 is 12.2 Å². The molecule has 0 saturated heterocycles. The van der Waals surface area contributed by atoms with Crippen LogP contribution in [0.4, 0.5) is 9.59 Å². The molecule has 178 valence electrons. The molecule has 0 spiro atoms. The fourth-order valence-electron chi connectivity index (χ4n) is 4.73. The maximum absolute atomic E-state index is 12.6. The SMILES string of the molecule is COc1cc(OC(=O)NC2CCCCC2)c2cc(Cl)ccc2c1OC(=O)NC1CCCCC1. The van der Waals surface area contributed by atoms with Gasteiger partial charge >= 0.3 is 12.2 Å². The highest BCUT2D eigenvalue weighted by atomic mass is 35.5. The molecule has 0 heterocycles. The van der Waals surface area contributed by atoms with Gasteiger partial charge in [-0.2, -0.15) is 0 Å². The third kappa shape index (κ3) is 6.02. The minimum Gasteiger partial charge on any atom is -0.493 e. The molecular formula is C25H31ClN2O5. The minimum absolute atomic E-state index is 0.115. The Bertz CT molecular complexity index is 1000. The molecule has 2 fully saturated rings. The summed E-state index contributed by atoms with van der Waals surface area (Å²) in [4.78, 5) is 25.2. The Balaban J connectivity index is 1.57. The van der Waals surface area contributed by atoms with E-state index in [4.69, 9.17) is 25.8 Å². The molecule has 4 rings (SSSR count). The van der Waals surface area contributed by atoms with Crippen LogP contribution in [0, 0.1) is 0 Å². The van der Waals surface area contributed by atoms with Gasteiger partial charge in [0.1, 0.15) is 5.75 Å². The summed E-state index contributed by atoms with van der Waals surface area (Å²) in [5.41, 5.74) is 0. The highest BCUT2D eigenvalue weighted by molar-refractivity contribution is 6.31. The Labute approximate surface area is 199 Å². The number of amides is 2. The van der Waals surface area contributed by atoms with Crippen LogP contribution in [0.3, 0.4) is 0 Å². The highest BCUT2D eigenvalue weighted by Gasteiger charge is 2.23. The van der Waals surface area contributed by atoms with Gasteiger partial charge in [-0.3, -0.25) is 0 Å². The van der Waals surface area contributed by atoms with E-state index in [9.17, 15) is 9.59 Å². The number of rotatable bonds is 5. The number of carbonyl (C=O) groups excluding carboxylic acids is 2. The second-order valence-electron chi connectivity index (χ2n) is 8.83. The van der Waals surface area contributed by atoms with Crippen molar-refractivity contribution in [2.45, 2.75) is 76.3 Å². The lowest BCUT2D eigenvalue weighted by atomic mass is 9.96. The third-order valence-corrected chi connectivity index (χ3v) is 6.68. The second kappa shape index (κ2) is 11.0. The maximum atomic E-state index is 12.6. The van der Waals surface area contributed by atoms with E-state index in [-0.39, 0.29) is 23.6 Å². The van der Waals surface area contributed by atoms with Crippen molar-refractivity contribution in [3.8, 4) is 17.2 Å². The summed E-state index contributed by atoms with van der Waals surface area (Å²) in [5, 5.41) is 7.50. The van der Waals surface area contributed by atoms with E-state index in [1.807, 2.05) is 0 Å². The second-order valence-corrected chi connectivity index (χ2v) is 9.27. The molecule has 2 amide bonds. The minimum atomic E-state index is -0.528. The van der Waals surface area contributed by atoms with Crippen LogP contribution in [0.2, 0.25) is 5.02 Å². The molecule has 7 nitrogen and oxygen atoms in total. The quantitative estimate of drug-likeness (QED) is 0.527. The smallest absolute Gasteiger partial charge is 0.412 e. The van der Waals surface area contributed by atoms with Crippen LogP contribution in [0.25, 0.3) is 10.8 Å². The topological polar surface area (TPSA) is 85.9 Å². The van der Waals surface area contributed by atoms with Crippen LogP contribution < -0.4 is 24.8 Å². The van der Waals surface area contributed by atoms with Gasteiger partial charge in [0.2, 0.25) is 0 Å². The molecular weight excluding hydrogens is 444 g/mol. The fourth-order valence-corrected chi connectivity index (χ4v) is 4.91. The maximum Gasteiger partial charge on any atom is 0.412 e. The van der Waals surface area contributed by atoms with E-state index in [1.165, 1.54) is 20.0 Å². The summed E-state index contributed by atoms with van der Waals surface area (Å²) >= 11 is 6.24. The lowest BCUT2D eigenvalue weighted by Gasteiger charge is -2.23. The molecule has 2 N–H and O–H groups in total. The predicted molar refractivity (Wildman–Crippen MR) is 128 cm³/mol. The van der Waals surface area contributed by atoms with Crippen molar-refractivity contribution in [2.75, 3.05) is 7.11 Å². The standard InChI is InChI=1S/C25H31ClN2O5/c1-31-22-15-21(32-24(29)27-17-8-4-2-5-9-17)20-14-16(26)12-13-19(20)23(22)33-25(30)28-18-10-6-3-7-11-18/h12-15,17-18H,2-11H2,1H3,(H,27,29)(H,28,30). The van der Waals surface area contributed by atoms with Crippen molar-refractivity contribution < 1.29 is 23.8 Å². The number of benzene rings is 2. The van der Waals surface area contributed by atoms with E-state index in [2.05, 4.69) is 10.6 Å². The number of nitrogens with one attached hydrogen (secondary N) is 2. The zero-order valence-electron chi connectivity index (χ0n) is 19.0. The molecule has 2 aliphatic rings. The van der Waals surface area contributed by atoms with Crippen molar-refractivity contribution in [1.82, 2.24) is 10.6 Å². The van der Waals surface area contributed by atoms with E-state index in [1.54, 1.807) is 24.3 Å². The number of fused-ring (bicyclic) bond motifs is 1. The normalized spacial score (nSPS) is 17.4. The van der Waals surface area contributed by atoms with E-state index in [0.717, 1.165) is 51.4 Å². The van der Waals surface area contributed by atoms with Crippen LogP contribution in [0.5, 0.6) is 17.2 Å². The molecule has 0 atom stereocenters.